The van der Waals surface area contributed by atoms with Crippen molar-refractivity contribution in [2.45, 2.75) is 25.8 Å². The van der Waals surface area contributed by atoms with Crippen molar-refractivity contribution in [3.8, 4) is 0 Å². The van der Waals surface area contributed by atoms with E-state index in [1.54, 1.807) is 22.7 Å². The zero-order valence-corrected chi connectivity index (χ0v) is 14.2. The van der Waals surface area contributed by atoms with Gasteiger partial charge >= 0.3 is 0 Å². The van der Waals surface area contributed by atoms with Gasteiger partial charge in [0.2, 0.25) is 5.91 Å². The molecular formula is C15H17N5OS2. The van der Waals surface area contributed by atoms with Gasteiger partial charge in [0, 0.05) is 36.2 Å². The summed E-state index contributed by atoms with van der Waals surface area (Å²) < 4.78 is 1.94. The summed E-state index contributed by atoms with van der Waals surface area (Å²) in [5.74, 6) is -0.0218. The number of aromatic nitrogens is 3. The molecule has 0 aromatic carbocycles. The Labute approximate surface area is 141 Å². The van der Waals surface area contributed by atoms with Crippen molar-refractivity contribution in [3.63, 3.8) is 0 Å². The Bertz CT molecular complexity index is 786. The van der Waals surface area contributed by atoms with Crippen LogP contribution >= 0.6 is 22.7 Å². The fraction of sp³-hybridized carbons (Fsp3) is 0.400. The molecule has 0 saturated carbocycles. The van der Waals surface area contributed by atoms with Crippen LogP contribution in [0.1, 0.15) is 24.2 Å². The van der Waals surface area contributed by atoms with Gasteiger partial charge in [0.25, 0.3) is 0 Å². The maximum atomic E-state index is 12.1. The summed E-state index contributed by atoms with van der Waals surface area (Å²) in [6, 6.07) is 0. The van der Waals surface area contributed by atoms with Crippen LogP contribution in [0.4, 0.5) is 5.13 Å². The lowest BCUT2D eigenvalue weighted by atomic mass is 10.3. The number of hydrogen-bond donors (Lipinski definition) is 1. The number of imidazole rings is 1. The molecule has 23 heavy (non-hydrogen) atoms. The SMILES string of the molecule is O=C(Cc1cn2ccsc2n1)NCc1csc(N2CCCC2)n1. The van der Waals surface area contributed by atoms with E-state index in [2.05, 4.69) is 20.2 Å². The maximum Gasteiger partial charge on any atom is 0.226 e. The third-order valence-electron chi connectivity index (χ3n) is 3.87. The van der Waals surface area contributed by atoms with Crippen LogP contribution < -0.4 is 10.2 Å². The average molecular weight is 347 g/mol. The molecule has 1 amide bonds. The van der Waals surface area contributed by atoms with Gasteiger partial charge in [-0.05, 0) is 12.8 Å². The monoisotopic (exact) mass is 347 g/mol. The van der Waals surface area contributed by atoms with Gasteiger partial charge in [0.05, 0.1) is 24.4 Å². The molecule has 6 nitrogen and oxygen atoms in total. The highest BCUT2D eigenvalue weighted by Gasteiger charge is 2.16. The fourth-order valence-electron chi connectivity index (χ4n) is 2.71. The van der Waals surface area contributed by atoms with Crippen molar-refractivity contribution < 1.29 is 4.79 Å². The zero-order chi connectivity index (χ0) is 15.6. The lowest BCUT2D eigenvalue weighted by Crippen LogP contribution is -2.25. The summed E-state index contributed by atoms with van der Waals surface area (Å²) in [4.78, 5) is 24.3. The van der Waals surface area contributed by atoms with Crippen molar-refractivity contribution in [3.05, 3.63) is 34.5 Å². The first-order valence-electron chi connectivity index (χ1n) is 7.65. The Morgan fingerprint density at radius 2 is 2.09 bits per heavy atom. The van der Waals surface area contributed by atoms with E-state index < -0.39 is 0 Å². The zero-order valence-electron chi connectivity index (χ0n) is 12.6. The quantitative estimate of drug-likeness (QED) is 0.769. The van der Waals surface area contributed by atoms with Crippen molar-refractivity contribution in [2.24, 2.45) is 0 Å². The van der Waals surface area contributed by atoms with Crippen molar-refractivity contribution >= 4 is 38.7 Å². The van der Waals surface area contributed by atoms with E-state index >= 15 is 0 Å². The molecule has 0 aliphatic carbocycles. The number of amides is 1. The molecule has 1 N–H and O–H groups in total. The molecule has 120 valence electrons. The van der Waals surface area contributed by atoms with Gasteiger partial charge in [-0.3, -0.25) is 9.20 Å². The number of anilines is 1. The van der Waals surface area contributed by atoms with Crippen LogP contribution in [-0.4, -0.2) is 33.4 Å². The summed E-state index contributed by atoms with van der Waals surface area (Å²) in [7, 11) is 0. The van der Waals surface area contributed by atoms with Gasteiger partial charge in [0.15, 0.2) is 10.1 Å². The summed E-state index contributed by atoms with van der Waals surface area (Å²) in [6.45, 7) is 2.67. The van der Waals surface area contributed by atoms with E-state index in [0.29, 0.717) is 13.0 Å². The molecule has 4 rings (SSSR count). The largest absolute Gasteiger partial charge is 0.350 e. The number of carbonyl (C=O) groups excluding carboxylic acids is 1. The average Bonchev–Trinajstić information content (AvgIpc) is 3.28. The van der Waals surface area contributed by atoms with Gasteiger partial charge in [-0.25, -0.2) is 9.97 Å². The second kappa shape index (κ2) is 6.29. The van der Waals surface area contributed by atoms with Crippen LogP contribution in [0.5, 0.6) is 0 Å². The molecule has 0 unspecified atom stereocenters. The number of rotatable bonds is 5. The number of carbonyl (C=O) groups is 1. The number of nitrogens with zero attached hydrogens (tertiary/aromatic N) is 4. The van der Waals surface area contributed by atoms with Crippen LogP contribution in [-0.2, 0) is 17.8 Å². The summed E-state index contributed by atoms with van der Waals surface area (Å²) in [6.07, 6.45) is 6.64. The van der Waals surface area contributed by atoms with Gasteiger partial charge in [0.1, 0.15) is 0 Å². The van der Waals surface area contributed by atoms with E-state index in [0.717, 1.165) is 34.6 Å². The number of nitrogens with one attached hydrogen (secondary N) is 1. The Balaban J connectivity index is 1.31. The molecule has 0 radical (unpaired) electrons. The lowest BCUT2D eigenvalue weighted by Gasteiger charge is -2.12. The van der Waals surface area contributed by atoms with Gasteiger partial charge in [-0.15, -0.1) is 22.7 Å². The van der Waals surface area contributed by atoms with Crippen LogP contribution in [0.2, 0.25) is 0 Å². The highest BCUT2D eigenvalue weighted by atomic mass is 32.1. The first-order chi connectivity index (χ1) is 11.3. The fourth-order valence-corrected chi connectivity index (χ4v) is 4.31. The molecule has 0 atom stereocenters. The van der Waals surface area contributed by atoms with Crippen LogP contribution in [0.25, 0.3) is 4.96 Å². The second-order valence-electron chi connectivity index (χ2n) is 5.59. The van der Waals surface area contributed by atoms with Crippen LogP contribution in [0, 0.1) is 0 Å². The number of fused-ring (bicyclic) bond motifs is 1. The number of hydrogen-bond acceptors (Lipinski definition) is 6. The third kappa shape index (κ3) is 3.23. The van der Waals surface area contributed by atoms with Crippen LogP contribution in [0.15, 0.2) is 23.2 Å². The molecule has 0 bridgehead atoms. The molecule has 3 aromatic heterocycles. The molecule has 1 aliphatic heterocycles. The Kier molecular flexibility index (Phi) is 4.00. The summed E-state index contributed by atoms with van der Waals surface area (Å²) in [5.41, 5.74) is 1.72. The second-order valence-corrected chi connectivity index (χ2v) is 7.30. The molecule has 1 saturated heterocycles. The topological polar surface area (TPSA) is 62.5 Å². The molecule has 1 fully saturated rings. The molecule has 1 aliphatic rings. The minimum Gasteiger partial charge on any atom is -0.350 e. The van der Waals surface area contributed by atoms with Gasteiger partial charge < -0.3 is 10.2 Å². The van der Waals surface area contributed by atoms with E-state index in [1.807, 2.05) is 27.6 Å². The van der Waals surface area contributed by atoms with Gasteiger partial charge in [-0.2, -0.15) is 0 Å². The third-order valence-corrected chi connectivity index (χ3v) is 5.59. The van der Waals surface area contributed by atoms with E-state index in [1.165, 1.54) is 12.8 Å². The maximum absolute atomic E-state index is 12.1. The normalized spacial score (nSPS) is 14.7. The van der Waals surface area contributed by atoms with Gasteiger partial charge in [-0.1, -0.05) is 0 Å². The molecule has 3 aromatic rings. The van der Waals surface area contributed by atoms with E-state index in [4.69, 9.17) is 0 Å². The summed E-state index contributed by atoms with van der Waals surface area (Å²) >= 11 is 3.22. The number of thiazole rings is 2. The van der Waals surface area contributed by atoms with E-state index in [-0.39, 0.29) is 5.91 Å². The Morgan fingerprint density at radius 1 is 1.22 bits per heavy atom. The van der Waals surface area contributed by atoms with Crippen LogP contribution in [0.3, 0.4) is 0 Å². The minimum atomic E-state index is -0.0218. The molecular weight excluding hydrogens is 330 g/mol. The standard InChI is InChI=1S/C15H17N5OS2/c21-13(7-11-9-20-5-6-22-15(20)17-11)16-8-12-10-23-14(18-12)19-3-1-2-4-19/h5-6,9-10H,1-4,7-8H2,(H,16,21). The van der Waals surface area contributed by atoms with Crippen molar-refractivity contribution in [1.29, 1.82) is 0 Å². The molecule has 4 heterocycles. The highest BCUT2D eigenvalue weighted by molar-refractivity contribution is 7.15. The summed E-state index contributed by atoms with van der Waals surface area (Å²) in [5, 5.41) is 8.01. The Morgan fingerprint density at radius 3 is 2.91 bits per heavy atom. The first kappa shape index (κ1) is 14.6. The predicted molar refractivity (Wildman–Crippen MR) is 92.2 cm³/mol. The smallest absolute Gasteiger partial charge is 0.226 e. The minimum absolute atomic E-state index is 0.0218. The Hall–Kier alpha value is -1.93. The first-order valence-corrected chi connectivity index (χ1v) is 9.41. The van der Waals surface area contributed by atoms with E-state index in [9.17, 15) is 4.79 Å². The molecule has 0 spiro atoms. The lowest BCUT2D eigenvalue weighted by molar-refractivity contribution is -0.120. The van der Waals surface area contributed by atoms with Crippen molar-refractivity contribution in [2.75, 3.05) is 18.0 Å². The predicted octanol–water partition coefficient (Wildman–Crippen LogP) is 2.31. The van der Waals surface area contributed by atoms with Crippen molar-refractivity contribution in [1.82, 2.24) is 19.7 Å². The highest BCUT2D eigenvalue weighted by Crippen LogP contribution is 2.24. The molecule has 8 heteroatoms.